The van der Waals surface area contributed by atoms with Crippen LogP contribution in [-0.2, 0) is 6.54 Å². The molecule has 0 saturated carbocycles. The normalized spacial score (nSPS) is 11.0. The quantitative estimate of drug-likeness (QED) is 0.510. The molecule has 0 aliphatic rings. The van der Waals surface area contributed by atoms with E-state index in [1.165, 1.54) is 12.1 Å². The summed E-state index contributed by atoms with van der Waals surface area (Å²) in [6.07, 6.45) is 1.64. The Morgan fingerprint density at radius 1 is 1.10 bits per heavy atom. The number of methoxy groups -OCH3 is 2. The van der Waals surface area contributed by atoms with Crippen LogP contribution in [0.1, 0.15) is 6.92 Å². The smallest absolute Gasteiger partial charge is 0.263 e. The van der Waals surface area contributed by atoms with Crippen LogP contribution in [0.25, 0.3) is 33.7 Å². The number of fused-ring (bicyclic) bond motifs is 1. The van der Waals surface area contributed by atoms with Gasteiger partial charge >= 0.3 is 0 Å². The summed E-state index contributed by atoms with van der Waals surface area (Å²) in [6, 6.07) is 9.32. The van der Waals surface area contributed by atoms with Crippen molar-refractivity contribution in [2.45, 2.75) is 13.5 Å². The van der Waals surface area contributed by atoms with E-state index in [1.54, 1.807) is 44.7 Å². The van der Waals surface area contributed by atoms with Crippen molar-refractivity contribution in [3.8, 4) is 34.3 Å². The minimum atomic E-state index is -0.482. The van der Waals surface area contributed by atoms with Crippen LogP contribution >= 0.6 is 0 Å². The maximum absolute atomic E-state index is 13.7. The summed E-state index contributed by atoms with van der Waals surface area (Å²) < 4.78 is 31.5. The van der Waals surface area contributed by atoms with Crippen molar-refractivity contribution in [1.29, 1.82) is 0 Å². The average molecular weight is 395 g/mol. The molecule has 0 bridgehead atoms. The van der Waals surface area contributed by atoms with Gasteiger partial charge in [0.25, 0.3) is 5.89 Å². The Balaban J connectivity index is 1.86. The Labute approximate surface area is 165 Å². The van der Waals surface area contributed by atoms with Gasteiger partial charge in [-0.15, -0.1) is 0 Å². The third kappa shape index (κ3) is 3.33. The van der Waals surface area contributed by atoms with Crippen molar-refractivity contribution in [2.24, 2.45) is 0 Å². The van der Waals surface area contributed by atoms with E-state index in [0.29, 0.717) is 29.1 Å². The van der Waals surface area contributed by atoms with Crippen LogP contribution in [0.3, 0.4) is 0 Å². The third-order valence-corrected chi connectivity index (χ3v) is 4.65. The van der Waals surface area contributed by atoms with Crippen molar-refractivity contribution < 1.29 is 18.4 Å². The van der Waals surface area contributed by atoms with Crippen molar-refractivity contribution in [1.82, 2.24) is 14.7 Å². The number of ether oxygens (including phenoxy) is 2. The van der Waals surface area contributed by atoms with Gasteiger partial charge in [0.1, 0.15) is 22.9 Å². The zero-order valence-corrected chi connectivity index (χ0v) is 16.1. The lowest BCUT2D eigenvalue weighted by Crippen LogP contribution is -2.12. The lowest BCUT2D eigenvalue weighted by Gasteiger charge is -2.09. The molecule has 4 aromatic rings. The van der Waals surface area contributed by atoms with E-state index in [1.807, 2.05) is 11.5 Å². The monoisotopic (exact) mass is 395 g/mol. The summed E-state index contributed by atoms with van der Waals surface area (Å²) in [6.45, 7) is 2.52. The lowest BCUT2D eigenvalue weighted by atomic mass is 10.1. The minimum absolute atomic E-state index is 0.0557. The second kappa shape index (κ2) is 7.38. The zero-order valence-electron chi connectivity index (χ0n) is 16.1. The molecule has 8 heteroatoms. The van der Waals surface area contributed by atoms with Crippen molar-refractivity contribution in [2.75, 3.05) is 14.2 Å². The topological polar surface area (TPSA) is 79.4 Å². The van der Waals surface area contributed by atoms with Crippen molar-refractivity contribution in [3.05, 3.63) is 58.6 Å². The van der Waals surface area contributed by atoms with Gasteiger partial charge in [0.05, 0.1) is 19.7 Å². The molecule has 0 amide bonds. The van der Waals surface area contributed by atoms with Crippen LogP contribution in [0.5, 0.6) is 11.5 Å². The summed E-state index contributed by atoms with van der Waals surface area (Å²) in [7, 11) is 3.09. The van der Waals surface area contributed by atoms with Gasteiger partial charge in [-0.05, 0) is 37.3 Å². The largest absolute Gasteiger partial charge is 0.497 e. The molecule has 0 N–H and O–H groups in total. The fourth-order valence-corrected chi connectivity index (χ4v) is 3.17. The molecule has 4 rings (SSSR count). The van der Waals surface area contributed by atoms with E-state index in [4.69, 9.17) is 14.0 Å². The number of aromatic nitrogens is 3. The van der Waals surface area contributed by atoms with Gasteiger partial charge in [-0.1, -0.05) is 5.16 Å². The van der Waals surface area contributed by atoms with Gasteiger partial charge in [-0.25, -0.2) is 4.39 Å². The molecule has 148 valence electrons. The SMILES string of the molecule is CCn1cc(-c2nc(-c3cc(OC)cc(OC)c3)no2)c(=O)c2cc(F)ccc21. The minimum Gasteiger partial charge on any atom is -0.497 e. The van der Waals surface area contributed by atoms with Gasteiger partial charge in [0.2, 0.25) is 11.3 Å². The first-order chi connectivity index (χ1) is 14.0. The molecule has 2 aromatic heterocycles. The van der Waals surface area contributed by atoms with Crippen LogP contribution in [0.4, 0.5) is 4.39 Å². The molecule has 0 fully saturated rings. The fraction of sp³-hybridized carbons (Fsp3) is 0.190. The van der Waals surface area contributed by atoms with Crippen molar-refractivity contribution in [3.63, 3.8) is 0 Å². The number of rotatable bonds is 5. The second-order valence-corrected chi connectivity index (χ2v) is 6.34. The Morgan fingerprint density at radius 2 is 1.83 bits per heavy atom. The number of hydrogen-bond donors (Lipinski definition) is 0. The van der Waals surface area contributed by atoms with E-state index in [2.05, 4.69) is 10.1 Å². The molecule has 0 atom stereocenters. The first-order valence-corrected chi connectivity index (χ1v) is 8.94. The summed E-state index contributed by atoms with van der Waals surface area (Å²) in [5.41, 5.74) is 1.08. The van der Waals surface area contributed by atoms with Gasteiger partial charge < -0.3 is 18.6 Å². The van der Waals surface area contributed by atoms with Crippen LogP contribution in [0, 0.1) is 5.82 Å². The Bertz CT molecular complexity index is 1240. The maximum atomic E-state index is 13.7. The first kappa shape index (κ1) is 18.7. The molecule has 0 aliphatic carbocycles. The molecule has 7 nitrogen and oxygen atoms in total. The Hall–Kier alpha value is -3.68. The van der Waals surface area contributed by atoms with Crippen molar-refractivity contribution >= 4 is 10.9 Å². The van der Waals surface area contributed by atoms with E-state index in [9.17, 15) is 9.18 Å². The predicted molar refractivity (Wildman–Crippen MR) is 106 cm³/mol. The molecule has 0 spiro atoms. The Kier molecular flexibility index (Phi) is 4.75. The molecule has 0 saturated heterocycles. The zero-order chi connectivity index (χ0) is 20.5. The number of pyridine rings is 1. The number of hydrogen-bond acceptors (Lipinski definition) is 6. The molecule has 0 aliphatic heterocycles. The number of halogens is 1. The standard InChI is InChI=1S/C21H18FN3O4/c1-4-25-11-17(19(26)16-9-13(22)5-6-18(16)25)21-23-20(24-29-21)12-7-14(27-2)10-15(8-12)28-3/h5-11H,4H2,1-3H3. The summed E-state index contributed by atoms with van der Waals surface area (Å²) in [5.74, 6) is 0.990. The Morgan fingerprint density at radius 3 is 2.48 bits per heavy atom. The molecular formula is C21H18FN3O4. The number of benzene rings is 2. The van der Waals surface area contributed by atoms with E-state index in [0.717, 1.165) is 0 Å². The molecule has 2 aromatic carbocycles. The molecular weight excluding hydrogens is 377 g/mol. The first-order valence-electron chi connectivity index (χ1n) is 8.94. The second-order valence-electron chi connectivity index (χ2n) is 6.34. The van der Waals surface area contributed by atoms with Gasteiger partial charge in [0.15, 0.2) is 0 Å². The van der Waals surface area contributed by atoms with Crippen LogP contribution < -0.4 is 14.9 Å². The van der Waals surface area contributed by atoms with E-state index < -0.39 is 5.82 Å². The predicted octanol–water partition coefficient (Wildman–Crippen LogP) is 3.89. The van der Waals surface area contributed by atoms with Crippen LogP contribution in [-0.4, -0.2) is 28.9 Å². The van der Waals surface area contributed by atoms with E-state index >= 15 is 0 Å². The summed E-state index contributed by atoms with van der Waals surface area (Å²) in [4.78, 5) is 17.3. The summed E-state index contributed by atoms with van der Waals surface area (Å²) >= 11 is 0. The molecule has 2 heterocycles. The highest BCUT2D eigenvalue weighted by molar-refractivity contribution is 5.83. The fourth-order valence-electron chi connectivity index (χ4n) is 3.17. The third-order valence-electron chi connectivity index (χ3n) is 4.65. The highest BCUT2D eigenvalue weighted by Gasteiger charge is 2.18. The lowest BCUT2D eigenvalue weighted by molar-refractivity contribution is 0.394. The maximum Gasteiger partial charge on any atom is 0.263 e. The highest BCUT2D eigenvalue weighted by Crippen LogP contribution is 2.29. The molecule has 29 heavy (non-hydrogen) atoms. The molecule has 0 radical (unpaired) electrons. The van der Waals surface area contributed by atoms with Gasteiger partial charge in [-0.2, -0.15) is 4.98 Å². The average Bonchev–Trinajstić information content (AvgIpc) is 3.24. The number of nitrogens with zero attached hydrogens (tertiary/aromatic N) is 3. The van der Waals surface area contributed by atoms with Crippen LogP contribution in [0.15, 0.2) is 51.9 Å². The highest BCUT2D eigenvalue weighted by atomic mass is 19.1. The van der Waals surface area contributed by atoms with Crippen LogP contribution in [0.2, 0.25) is 0 Å². The summed E-state index contributed by atoms with van der Waals surface area (Å²) in [5, 5.41) is 4.25. The molecule has 0 unspecified atom stereocenters. The van der Waals surface area contributed by atoms with E-state index in [-0.39, 0.29) is 28.1 Å². The number of aryl methyl sites for hydroxylation is 1. The van der Waals surface area contributed by atoms with Gasteiger partial charge in [-0.3, -0.25) is 4.79 Å². The van der Waals surface area contributed by atoms with Gasteiger partial charge in [0, 0.05) is 29.8 Å².